The number of nitrogens with zero attached hydrogens (tertiary/aromatic N) is 3. The summed E-state index contributed by atoms with van der Waals surface area (Å²) in [5.74, 6) is -0.0932. The molecule has 1 amide bonds. The van der Waals surface area contributed by atoms with Gasteiger partial charge in [0.05, 0.1) is 26.0 Å². The van der Waals surface area contributed by atoms with Crippen molar-refractivity contribution in [3.8, 4) is 0 Å². The van der Waals surface area contributed by atoms with Crippen molar-refractivity contribution in [1.29, 1.82) is 0 Å². The fourth-order valence-corrected chi connectivity index (χ4v) is 4.57. The van der Waals surface area contributed by atoms with Crippen LogP contribution in [0.3, 0.4) is 0 Å². The van der Waals surface area contributed by atoms with Gasteiger partial charge >= 0.3 is 0 Å². The van der Waals surface area contributed by atoms with Gasteiger partial charge in [-0.05, 0) is 43.2 Å². The number of ether oxygens (including phenoxy) is 1. The molecule has 4 rings (SSSR count). The van der Waals surface area contributed by atoms with Crippen LogP contribution >= 0.6 is 0 Å². The molecule has 0 unspecified atom stereocenters. The summed E-state index contributed by atoms with van der Waals surface area (Å²) in [6.07, 6.45) is 2.69. The third-order valence-corrected chi connectivity index (χ3v) is 6.38. The second-order valence-electron chi connectivity index (χ2n) is 8.98. The molecule has 0 aliphatic carbocycles. The second-order valence-corrected chi connectivity index (χ2v) is 8.98. The van der Waals surface area contributed by atoms with E-state index in [9.17, 15) is 14.0 Å². The highest BCUT2D eigenvalue weighted by Crippen LogP contribution is 2.19. The van der Waals surface area contributed by atoms with Gasteiger partial charge in [0.15, 0.2) is 5.43 Å². The molecule has 1 aliphatic heterocycles. The number of amides is 1. The van der Waals surface area contributed by atoms with Crippen molar-refractivity contribution in [1.82, 2.24) is 14.4 Å². The Hall–Kier alpha value is -3.23. The summed E-state index contributed by atoms with van der Waals surface area (Å²) in [6, 6.07) is 11.4. The molecule has 0 atom stereocenters. The summed E-state index contributed by atoms with van der Waals surface area (Å²) >= 11 is 0. The Kier molecular flexibility index (Phi) is 8.15. The van der Waals surface area contributed by atoms with Crippen molar-refractivity contribution in [2.75, 3.05) is 39.9 Å². The summed E-state index contributed by atoms with van der Waals surface area (Å²) < 4.78 is 26.8. The van der Waals surface area contributed by atoms with Gasteiger partial charge in [0.2, 0.25) is 0 Å². The molecule has 0 saturated carbocycles. The zero-order chi connectivity index (χ0) is 24.8. The van der Waals surface area contributed by atoms with Gasteiger partial charge in [0, 0.05) is 57.1 Å². The Balaban J connectivity index is 1.66. The first-order valence-corrected chi connectivity index (χ1v) is 12.0. The number of carbonyl (C=O) groups is 1. The van der Waals surface area contributed by atoms with E-state index in [1.807, 2.05) is 17.6 Å². The molecule has 1 saturated heterocycles. The van der Waals surface area contributed by atoms with Crippen LogP contribution in [0.4, 0.5) is 4.39 Å². The molecule has 1 aromatic carbocycles. The third kappa shape index (κ3) is 6.26. The van der Waals surface area contributed by atoms with E-state index in [-0.39, 0.29) is 35.7 Å². The zero-order valence-electron chi connectivity index (χ0n) is 20.3. The minimum atomic E-state index is -0.375. The summed E-state index contributed by atoms with van der Waals surface area (Å²) in [5, 5.41) is 0. The van der Waals surface area contributed by atoms with Crippen LogP contribution in [0.15, 0.2) is 57.9 Å². The molecule has 3 aromatic rings. The molecule has 2 aromatic heterocycles. The molecule has 1 fully saturated rings. The van der Waals surface area contributed by atoms with Crippen LogP contribution in [0.1, 0.15) is 39.5 Å². The van der Waals surface area contributed by atoms with E-state index in [1.54, 1.807) is 31.5 Å². The maximum Gasteiger partial charge on any atom is 0.259 e. The number of halogens is 1. The average molecular weight is 482 g/mol. The number of hydrogen-bond donors (Lipinski definition) is 0. The van der Waals surface area contributed by atoms with Crippen molar-refractivity contribution in [2.24, 2.45) is 0 Å². The molecule has 0 N–H and O–H groups in total. The lowest BCUT2D eigenvalue weighted by molar-refractivity contribution is 0.0369. The van der Waals surface area contributed by atoms with Crippen molar-refractivity contribution in [2.45, 2.75) is 32.9 Å². The van der Waals surface area contributed by atoms with E-state index in [0.717, 1.165) is 45.0 Å². The van der Waals surface area contributed by atoms with Crippen LogP contribution in [-0.2, 0) is 24.2 Å². The summed E-state index contributed by atoms with van der Waals surface area (Å²) in [4.78, 5) is 30.5. The lowest BCUT2D eigenvalue weighted by Gasteiger charge is -2.27. The quantitative estimate of drug-likeness (QED) is 0.468. The number of furan rings is 1. The zero-order valence-corrected chi connectivity index (χ0v) is 20.3. The second kappa shape index (κ2) is 11.5. The molecular formula is C27H32FN3O4. The van der Waals surface area contributed by atoms with E-state index in [2.05, 4.69) is 4.90 Å². The number of carbonyl (C=O) groups excluding carboxylic acids is 1. The predicted molar refractivity (Wildman–Crippen MR) is 131 cm³/mol. The number of aryl methyl sites for hydroxylation is 1. The first-order valence-electron chi connectivity index (χ1n) is 12.0. The molecule has 3 heterocycles. The minimum Gasteiger partial charge on any atom is -0.467 e. The summed E-state index contributed by atoms with van der Waals surface area (Å²) in [7, 11) is 1.65. The highest BCUT2D eigenvalue weighted by molar-refractivity contribution is 5.95. The van der Waals surface area contributed by atoms with Gasteiger partial charge < -0.3 is 18.6 Å². The highest BCUT2D eigenvalue weighted by Gasteiger charge is 2.24. The Morgan fingerprint density at radius 3 is 2.63 bits per heavy atom. The Labute approximate surface area is 204 Å². The van der Waals surface area contributed by atoms with E-state index >= 15 is 0 Å². The van der Waals surface area contributed by atoms with Gasteiger partial charge in [0.25, 0.3) is 5.91 Å². The lowest BCUT2D eigenvalue weighted by Crippen LogP contribution is -2.37. The highest BCUT2D eigenvalue weighted by atomic mass is 19.1. The topological polar surface area (TPSA) is 67.9 Å². The molecule has 8 heteroatoms. The molecule has 0 spiro atoms. The molecule has 1 aliphatic rings. The van der Waals surface area contributed by atoms with Crippen LogP contribution in [0.25, 0.3) is 0 Å². The third-order valence-electron chi connectivity index (χ3n) is 6.38. The molecule has 0 radical (unpaired) electrons. The van der Waals surface area contributed by atoms with Crippen LogP contribution in [0, 0.1) is 12.7 Å². The molecule has 0 bridgehead atoms. The number of aromatic nitrogens is 1. The van der Waals surface area contributed by atoms with Crippen molar-refractivity contribution in [3.05, 3.63) is 93.0 Å². The van der Waals surface area contributed by atoms with Crippen LogP contribution in [0.2, 0.25) is 0 Å². The standard InChI is InChI=1S/C27H32FN3O4/c1-20-16-25(32)26(27(33)29(2)19-23-8-4-13-35-23)24(18-21-6-3-7-22(28)17-21)31(20)10-5-9-30-11-14-34-15-12-30/h3-4,6-8,13,16-17H,5,9-12,14-15,18-19H2,1-2H3. The molecule has 35 heavy (non-hydrogen) atoms. The van der Waals surface area contributed by atoms with E-state index in [0.29, 0.717) is 23.6 Å². The Morgan fingerprint density at radius 2 is 1.91 bits per heavy atom. The van der Waals surface area contributed by atoms with E-state index < -0.39 is 0 Å². The normalized spacial score (nSPS) is 14.3. The molecular weight excluding hydrogens is 449 g/mol. The van der Waals surface area contributed by atoms with E-state index in [1.165, 1.54) is 23.1 Å². The monoisotopic (exact) mass is 481 g/mol. The summed E-state index contributed by atoms with van der Waals surface area (Å²) in [6.45, 7) is 6.96. The van der Waals surface area contributed by atoms with Gasteiger partial charge in [-0.2, -0.15) is 0 Å². The Morgan fingerprint density at radius 1 is 1.11 bits per heavy atom. The summed E-state index contributed by atoms with van der Waals surface area (Å²) in [5.41, 5.74) is 1.90. The number of morpholine rings is 1. The number of rotatable bonds is 9. The van der Waals surface area contributed by atoms with Gasteiger partial charge in [0.1, 0.15) is 17.1 Å². The lowest BCUT2D eigenvalue weighted by atomic mass is 10.0. The number of hydrogen-bond acceptors (Lipinski definition) is 5. The maximum atomic E-state index is 14.0. The number of pyridine rings is 1. The minimum absolute atomic E-state index is 0.125. The first-order chi connectivity index (χ1) is 16.9. The average Bonchev–Trinajstić information content (AvgIpc) is 3.34. The van der Waals surface area contributed by atoms with Crippen LogP contribution < -0.4 is 5.43 Å². The van der Waals surface area contributed by atoms with Gasteiger partial charge in [-0.25, -0.2) is 4.39 Å². The number of benzene rings is 1. The van der Waals surface area contributed by atoms with Gasteiger partial charge in [-0.1, -0.05) is 12.1 Å². The molecule has 7 nitrogen and oxygen atoms in total. The fourth-order valence-electron chi connectivity index (χ4n) is 4.57. The van der Waals surface area contributed by atoms with Gasteiger partial charge in [-0.3, -0.25) is 14.5 Å². The van der Waals surface area contributed by atoms with Crippen molar-refractivity contribution < 1.29 is 18.3 Å². The molecule has 186 valence electrons. The maximum absolute atomic E-state index is 14.0. The fraction of sp³-hybridized carbons (Fsp3) is 0.407. The Bertz CT molecular complexity index is 1200. The van der Waals surface area contributed by atoms with Gasteiger partial charge in [-0.15, -0.1) is 0 Å². The van der Waals surface area contributed by atoms with E-state index in [4.69, 9.17) is 9.15 Å². The van der Waals surface area contributed by atoms with Crippen LogP contribution in [-0.4, -0.2) is 60.2 Å². The first kappa shape index (κ1) is 24.9. The largest absolute Gasteiger partial charge is 0.467 e. The van der Waals surface area contributed by atoms with Crippen molar-refractivity contribution >= 4 is 5.91 Å². The SMILES string of the molecule is Cc1cc(=O)c(C(=O)N(C)Cc2ccco2)c(Cc2cccc(F)c2)n1CCCN1CCOCC1. The van der Waals surface area contributed by atoms with Crippen molar-refractivity contribution in [3.63, 3.8) is 0 Å². The predicted octanol–water partition coefficient (Wildman–Crippen LogP) is 3.47. The van der Waals surface area contributed by atoms with Crippen LogP contribution in [0.5, 0.6) is 0 Å². The smallest absolute Gasteiger partial charge is 0.259 e.